The molecule has 0 heterocycles. The maximum Gasteiger partial charge on any atom is 0.220 e. The van der Waals surface area contributed by atoms with Gasteiger partial charge in [-0.15, -0.1) is 0 Å². The molecule has 1 aromatic rings. The number of amides is 1. The summed E-state index contributed by atoms with van der Waals surface area (Å²) in [5.41, 5.74) is 9.70. The lowest BCUT2D eigenvalue weighted by molar-refractivity contribution is -0.122. The summed E-state index contributed by atoms with van der Waals surface area (Å²) in [6.07, 6.45) is 5.51. The number of nitrogens with one attached hydrogen (secondary N) is 1. The molecule has 0 spiro atoms. The number of carbonyl (C=O) groups excluding carboxylic acids is 1. The summed E-state index contributed by atoms with van der Waals surface area (Å²) in [5, 5.41) is 3.15. The predicted octanol–water partition coefficient (Wildman–Crippen LogP) is 2.62. The van der Waals surface area contributed by atoms with E-state index in [0.29, 0.717) is 18.5 Å². The number of carbonyl (C=O) groups is 1. The Morgan fingerprint density at radius 3 is 2.60 bits per heavy atom. The molecular weight excluding hydrogens is 248 g/mol. The summed E-state index contributed by atoms with van der Waals surface area (Å²) in [7, 11) is 0. The quantitative estimate of drug-likeness (QED) is 0.886. The second-order valence-corrected chi connectivity index (χ2v) is 6.11. The van der Waals surface area contributed by atoms with Gasteiger partial charge in [-0.1, -0.05) is 23.8 Å². The average Bonchev–Trinajstić information content (AvgIpc) is 2.40. The molecule has 1 aliphatic carbocycles. The zero-order chi connectivity index (χ0) is 14.5. The van der Waals surface area contributed by atoms with Crippen molar-refractivity contribution in [1.29, 1.82) is 0 Å². The second-order valence-electron chi connectivity index (χ2n) is 6.11. The maximum absolute atomic E-state index is 12.0. The molecule has 0 saturated heterocycles. The minimum atomic E-state index is 0.172. The van der Waals surface area contributed by atoms with Crippen LogP contribution in [0.3, 0.4) is 0 Å². The molecule has 2 rings (SSSR count). The maximum atomic E-state index is 12.0. The highest BCUT2D eigenvalue weighted by molar-refractivity contribution is 5.76. The Hall–Kier alpha value is -1.35. The van der Waals surface area contributed by atoms with E-state index in [4.69, 9.17) is 5.73 Å². The molecule has 110 valence electrons. The second kappa shape index (κ2) is 6.89. The van der Waals surface area contributed by atoms with Crippen molar-refractivity contribution < 1.29 is 4.79 Å². The van der Waals surface area contributed by atoms with Gasteiger partial charge in [0.05, 0.1) is 0 Å². The lowest BCUT2D eigenvalue weighted by Crippen LogP contribution is -2.40. The SMILES string of the molecule is Cc1ccc(CCC(=O)NC2CCC(N)CC2)c(C)c1. The topological polar surface area (TPSA) is 55.1 Å². The number of hydrogen-bond acceptors (Lipinski definition) is 2. The van der Waals surface area contributed by atoms with Crippen molar-refractivity contribution in [2.75, 3.05) is 0 Å². The van der Waals surface area contributed by atoms with Crippen LogP contribution in [0.2, 0.25) is 0 Å². The molecule has 0 atom stereocenters. The summed E-state index contributed by atoms with van der Waals surface area (Å²) in [6.45, 7) is 4.21. The van der Waals surface area contributed by atoms with Crippen molar-refractivity contribution in [2.24, 2.45) is 5.73 Å². The summed E-state index contributed by atoms with van der Waals surface area (Å²) in [5.74, 6) is 0.172. The van der Waals surface area contributed by atoms with E-state index in [1.807, 2.05) is 0 Å². The minimum absolute atomic E-state index is 0.172. The number of benzene rings is 1. The molecule has 1 aromatic carbocycles. The average molecular weight is 274 g/mol. The highest BCUT2D eigenvalue weighted by Crippen LogP contribution is 2.17. The molecule has 1 fully saturated rings. The molecule has 3 N–H and O–H groups in total. The summed E-state index contributed by atoms with van der Waals surface area (Å²) < 4.78 is 0. The number of rotatable bonds is 4. The van der Waals surface area contributed by atoms with Crippen LogP contribution >= 0.6 is 0 Å². The van der Waals surface area contributed by atoms with Crippen molar-refractivity contribution in [3.05, 3.63) is 34.9 Å². The third-order valence-electron chi connectivity index (χ3n) is 4.26. The summed E-state index contributed by atoms with van der Waals surface area (Å²) >= 11 is 0. The van der Waals surface area contributed by atoms with E-state index < -0.39 is 0 Å². The molecule has 1 aliphatic rings. The van der Waals surface area contributed by atoms with Gasteiger partial charge in [-0.2, -0.15) is 0 Å². The first-order valence-corrected chi connectivity index (χ1v) is 7.65. The Bertz CT molecular complexity index is 462. The number of hydrogen-bond donors (Lipinski definition) is 2. The first kappa shape index (κ1) is 15.0. The summed E-state index contributed by atoms with van der Waals surface area (Å²) in [6, 6.07) is 7.09. The fourth-order valence-corrected chi connectivity index (χ4v) is 2.94. The van der Waals surface area contributed by atoms with Crippen molar-refractivity contribution in [3.8, 4) is 0 Å². The van der Waals surface area contributed by atoms with Gasteiger partial charge >= 0.3 is 0 Å². The van der Waals surface area contributed by atoms with Gasteiger partial charge in [0.2, 0.25) is 5.91 Å². The van der Waals surface area contributed by atoms with E-state index in [0.717, 1.165) is 32.1 Å². The zero-order valence-corrected chi connectivity index (χ0v) is 12.6. The molecule has 3 heteroatoms. The standard InChI is InChI=1S/C17H26N2O/c1-12-3-4-14(13(2)11-12)5-10-17(20)19-16-8-6-15(18)7-9-16/h3-4,11,15-16H,5-10,18H2,1-2H3,(H,19,20). The van der Waals surface area contributed by atoms with Crippen molar-refractivity contribution in [2.45, 2.75) is 64.5 Å². The third kappa shape index (κ3) is 4.34. The molecule has 20 heavy (non-hydrogen) atoms. The molecule has 0 radical (unpaired) electrons. The Morgan fingerprint density at radius 2 is 1.95 bits per heavy atom. The lowest BCUT2D eigenvalue weighted by atomic mass is 9.91. The highest BCUT2D eigenvalue weighted by Gasteiger charge is 2.19. The van der Waals surface area contributed by atoms with Gasteiger partial charge in [-0.3, -0.25) is 4.79 Å². The van der Waals surface area contributed by atoms with Crippen LogP contribution in [0.1, 0.15) is 48.8 Å². The van der Waals surface area contributed by atoms with E-state index in [1.165, 1.54) is 16.7 Å². The monoisotopic (exact) mass is 274 g/mol. The van der Waals surface area contributed by atoms with Crippen molar-refractivity contribution in [1.82, 2.24) is 5.32 Å². The molecule has 0 aliphatic heterocycles. The van der Waals surface area contributed by atoms with Crippen LogP contribution in [0.15, 0.2) is 18.2 Å². The van der Waals surface area contributed by atoms with Crippen LogP contribution in [0.25, 0.3) is 0 Å². The largest absolute Gasteiger partial charge is 0.353 e. The van der Waals surface area contributed by atoms with Gasteiger partial charge in [-0.25, -0.2) is 0 Å². The van der Waals surface area contributed by atoms with Gasteiger partial charge in [-0.05, 0) is 57.1 Å². The molecule has 1 saturated carbocycles. The van der Waals surface area contributed by atoms with Gasteiger partial charge in [0, 0.05) is 18.5 Å². The highest BCUT2D eigenvalue weighted by atomic mass is 16.1. The first-order valence-electron chi connectivity index (χ1n) is 7.65. The minimum Gasteiger partial charge on any atom is -0.353 e. The molecule has 0 bridgehead atoms. The van der Waals surface area contributed by atoms with Gasteiger partial charge in [0.25, 0.3) is 0 Å². The van der Waals surface area contributed by atoms with Crippen molar-refractivity contribution in [3.63, 3.8) is 0 Å². The van der Waals surface area contributed by atoms with Crippen molar-refractivity contribution >= 4 is 5.91 Å². The number of aryl methyl sites for hydroxylation is 3. The van der Waals surface area contributed by atoms with Crippen LogP contribution in [0, 0.1) is 13.8 Å². The van der Waals surface area contributed by atoms with Crippen LogP contribution < -0.4 is 11.1 Å². The zero-order valence-electron chi connectivity index (χ0n) is 12.6. The molecular formula is C17H26N2O. The lowest BCUT2D eigenvalue weighted by Gasteiger charge is -2.26. The van der Waals surface area contributed by atoms with Crippen LogP contribution in [-0.4, -0.2) is 18.0 Å². The molecule has 0 aromatic heterocycles. The van der Waals surface area contributed by atoms with Crippen LogP contribution in [-0.2, 0) is 11.2 Å². The smallest absolute Gasteiger partial charge is 0.220 e. The Kier molecular flexibility index (Phi) is 5.18. The van der Waals surface area contributed by atoms with Crippen LogP contribution in [0.4, 0.5) is 0 Å². The molecule has 1 amide bonds. The van der Waals surface area contributed by atoms with Crippen LogP contribution in [0.5, 0.6) is 0 Å². The van der Waals surface area contributed by atoms with E-state index in [9.17, 15) is 4.79 Å². The van der Waals surface area contributed by atoms with E-state index in [1.54, 1.807) is 0 Å². The Morgan fingerprint density at radius 1 is 1.25 bits per heavy atom. The number of nitrogens with two attached hydrogens (primary N) is 1. The fraction of sp³-hybridized carbons (Fsp3) is 0.588. The first-order chi connectivity index (χ1) is 9.54. The van der Waals surface area contributed by atoms with E-state index in [2.05, 4.69) is 37.4 Å². The Labute approximate surface area is 121 Å². The molecule has 0 unspecified atom stereocenters. The van der Waals surface area contributed by atoms with Gasteiger partial charge in [0.1, 0.15) is 0 Å². The van der Waals surface area contributed by atoms with E-state index >= 15 is 0 Å². The Balaban J connectivity index is 1.77. The van der Waals surface area contributed by atoms with Gasteiger partial charge in [0.15, 0.2) is 0 Å². The van der Waals surface area contributed by atoms with Gasteiger partial charge < -0.3 is 11.1 Å². The fourth-order valence-electron chi connectivity index (χ4n) is 2.94. The normalized spacial score (nSPS) is 22.6. The predicted molar refractivity (Wildman–Crippen MR) is 82.6 cm³/mol. The molecule has 3 nitrogen and oxygen atoms in total. The third-order valence-corrected chi connectivity index (χ3v) is 4.26. The summed E-state index contributed by atoms with van der Waals surface area (Å²) in [4.78, 5) is 12.0. The van der Waals surface area contributed by atoms with E-state index in [-0.39, 0.29) is 5.91 Å².